The summed E-state index contributed by atoms with van der Waals surface area (Å²) in [6, 6.07) is 12.7. The molecule has 1 atom stereocenters. The van der Waals surface area contributed by atoms with E-state index in [-0.39, 0.29) is 17.5 Å². The van der Waals surface area contributed by atoms with Gasteiger partial charge in [-0.25, -0.2) is 4.68 Å². The van der Waals surface area contributed by atoms with Crippen LogP contribution in [0.15, 0.2) is 52.2 Å². The van der Waals surface area contributed by atoms with Crippen molar-refractivity contribution in [2.24, 2.45) is 0 Å². The van der Waals surface area contributed by atoms with Crippen LogP contribution in [0.2, 0.25) is 5.02 Å². The Morgan fingerprint density at radius 2 is 1.93 bits per heavy atom. The van der Waals surface area contributed by atoms with Gasteiger partial charge < -0.3 is 4.90 Å². The molecule has 0 N–H and O–H groups in total. The molecule has 0 spiro atoms. The van der Waals surface area contributed by atoms with Crippen molar-refractivity contribution in [2.45, 2.75) is 43.4 Å². The second-order valence-corrected chi connectivity index (χ2v) is 9.44. The van der Waals surface area contributed by atoms with Gasteiger partial charge in [0.2, 0.25) is 0 Å². The molecular weight excluding hydrogens is 406 g/mol. The summed E-state index contributed by atoms with van der Waals surface area (Å²) in [6.45, 7) is 6.49. The van der Waals surface area contributed by atoms with E-state index in [9.17, 15) is 9.59 Å². The van der Waals surface area contributed by atoms with Crippen LogP contribution in [0.3, 0.4) is 0 Å². The smallest absolute Gasteiger partial charge is 0.279 e. The molecule has 2 aromatic carbocycles. The van der Waals surface area contributed by atoms with Gasteiger partial charge in [0.25, 0.3) is 11.5 Å². The van der Waals surface area contributed by atoms with Gasteiger partial charge in [0.1, 0.15) is 0 Å². The quantitative estimate of drug-likeness (QED) is 0.566. The van der Waals surface area contributed by atoms with Gasteiger partial charge in [-0.15, -0.1) is 11.8 Å². The number of carbonyl (C=O) groups excluding carboxylic acids is 1. The van der Waals surface area contributed by atoms with E-state index in [0.29, 0.717) is 33.3 Å². The molecule has 0 radical (unpaired) electrons. The number of benzene rings is 2. The van der Waals surface area contributed by atoms with Gasteiger partial charge in [-0.05, 0) is 44.5 Å². The third-order valence-electron chi connectivity index (χ3n) is 5.06. The molecule has 0 saturated carbocycles. The molecule has 0 saturated heterocycles. The minimum atomic E-state index is -0.214. The number of fused-ring (bicyclic) bond motifs is 2. The fourth-order valence-corrected chi connectivity index (χ4v) is 4.82. The highest BCUT2D eigenvalue weighted by Crippen LogP contribution is 2.39. The maximum absolute atomic E-state index is 13.7. The number of aromatic nitrogens is 2. The molecule has 1 aromatic heterocycles. The first kappa shape index (κ1) is 20.0. The lowest BCUT2D eigenvalue weighted by Crippen LogP contribution is -2.36. The molecule has 1 amide bonds. The van der Waals surface area contributed by atoms with Crippen molar-refractivity contribution in [3.63, 3.8) is 0 Å². The molecule has 150 valence electrons. The Balaban J connectivity index is 1.91. The van der Waals surface area contributed by atoms with E-state index < -0.39 is 0 Å². The summed E-state index contributed by atoms with van der Waals surface area (Å²) >= 11 is 8.00. The van der Waals surface area contributed by atoms with Gasteiger partial charge in [0.15, 0.2) is 5.69 Å². The maximum atomic E-state index is 13.7. The van der Waals surface area contributed by atoms with Crippen molar-refractivity contribution in [3.8, 4) is 0 Å². The Labute approximate surface area is 178 Å². The third kappa shape index (κ3) is 3.67. The van der Waals surface area contributed by atoms with Crippen molar-refractivity contribution in [3.05, 3.63) is 63.5 Å². The minimum absolute atomic E-state index is 0.153. The molecule has 0 bridgehead atoms. The molecule has 7 heteroatoms. The predicted octanol–water partition coefficient (Wildman–Crippen LogP) is 5.16. The first-order valence-electron chi connectivity index (χ1n) is 9.66. The summed E-state index contributed by atoms with van der Waals surface area (Å²) in [5.74, 6) is -0.214. The van der Waals surface area contributed by atoms with E-state index in [2.05, 4.69) is 12.0 Å². The monoisotopic (exact) mass is 427 g/mol. The lowest BCUT2D eigenvalue weighted by molar-refractivity contribution is 0.0981. The van der Waals surface area contributed by atoms with Crippen molar-refractivity contribution in [1.82, 2.24) is 9.78 Å². The molecule has 1 aliphatic heterocycles. The van der Waals surface area contributed by atoms with Crippen molar-refractivity contribution >= 4 is 45.7 Å². The normalized spacial score (nSPS) is 16.7. The lowest BCUT2D eigenvalue weighted by atomic mass is 10.1. The molecule has 2 heterocycles. The van der Waals surface area contributed by atoms with Gasteiger partial charge in [-0.1, -0.05) is 36.7 Å². The average molecular weight is 428 g/mol. The Bertz CT molecular complexity index is 1160. The summed E-state index contributed by atoms with van der Waals surface area (Å²) in [5, 5.41) is 6.53. The van der Waals surface area contributed by atoms with Gasteiger partial charge in [-0.2, -0.15) is 5.10 Å². The molecule has 1 aliphatic rings. The summed E-state index contributed by atoms with van der Waals surface area (Å²) in [6.07, 6.45) is 0.852. The number of carbonyl (C=O) groups is 1. The minimum Gasteiger partial charge on any atom is -0.306 e. The summed E-state index contributed by atoms with van der Waals surface area (Å²) < 4.78 is 1.39. The van der Waals surface area contributed by atoms with Gasteiger partial charge in [0.05, 0.1) is 17.1 Å². The molecule has 4 rings (SSSR count). The van der Waals surface area contributed by atoms with Crippen LogP contribution in [0.1, 0.15) is 43.7 Å². The molecule has 0 unspecified atom stereocenters. The number of rotatable bonds is 2. The Morgan fingerprint density at radius 1 is 1.21 bits per heavy atom. The van der Waals surface area contributed by atoms with Crippen molar-refractivity contribution in [1.29, 1.82) is 0 Å². The van der Waals surface area contributed by atoms with Crippen LogP contribution in [0.25, 0.3) is 10.8 Å². The van der Waals surface area contributed by atoms with Crippen LogP contribution in [0.4, 0.5) is 5.69 Å². The van der Waals surface area contributed by atoms with Crippen LogP contribution >= 0.6 is 23.4 Å². The SMILES string of the molecule is CC(C)n1nc(C(=O)N2CC[C@H](C)Sc3ccc(Cl)cc32)c2ccccc2c1=O. The number of halogens is 1. The number of hydrogen-bond acceptors (Lipinski definition) is 4. The summed E-state index contributed by atoms with van der Waals surface area (Å²) in [7, 11) is 0. The molecule has 0 aliphatic carbocycles. The Hall–Kier alpha value is -2.31. The van der Waals surface area contributed by atoms with Crippen LogP contribution in [-0.4, -0.2) is 27.5 Å². The third-order valence-corrected chi connectivity index (χ3v) is 6.54. The second-order valence-electron chi connectivity index (χ2n) is 7.52. The number of hydrogen-bond donors (Lipinski definition) is 0. The topological polar surface area (TPSA) is 55.2 Å². The van der Waals surface area contributed by atoms with Crippen molar-refractivity contribution in [2.75, 3.05) is 11.4 Å². The first-order chi connectivity index (χ1) is 13.9. The molecule has 29 heavy (non-hydrogen) atoms. The largest absolute Gasteiger partial charge is 0.306 e. The molecule has 0 fully saturated rings. The van der Waals surface area contributed by atoms with E-state index in [0.717, 1.165) is 17.0 Å². The van der Waals surface area contributed by atoms with Crippen LogP contribution in [0, 0.1) is 0 Å². The average Bonchev–Trinajstić information content (AvgIpc) is 2.86. The van der Waals surface area contributed by atoms with Gasteiger partial charge in [0, 0.05) is 27.1 Å². The van der Waals surface area contributed by atoms with E-state index in [1.54, 1.807) is 28.8 Å². The number of anilines is 1. The van der Waals surface area contributed by atoms with E-state index in [1.807, 2.05) is 44.2 Å². The van der Waals surface area contributed by atoms with Gasteiger partial charge in [-0.3, -0.25) is 9.59 Å². The zero-order valence-corrected chi connectivity index (χ0v) is 18.1. The standard InChI is InChI=1S/C22H22ClN3O2S/c1-13(2)26-21(27)17-7-5-4-6-16(17)20(24-26)22(28)25-11-10-14(3)29-19-9-8-15(23)12-18(19)25/h4-9,12-14H,10-11H2,1-3H3/t14-/m0/s1. The zero-order chi connectivity index (χ0) is 20.7. The highest BCUT2D eigenvalue weighted by molar-refractivity contribution is 8.00. The Kier molecular flexibility index (Phi) is 5.40. The highest BCUT2D eigenvalue weighted by atomic mass is 35.5. The summed E-state index contributed by atoms with van der Waals surface area (Å²) in [4.78, 5) is 29.3. The second kappa shape index (κ2) is 7.84. The number of thioether (sulfide) groups is 1. The lowest BCUT2D eigenvalue weighted by Gasteiger charge is -2.23. The van der Waals surface area contributed by atoms with Crippen LogP contribution < -0.4 is 10.5 Å². The van der Waals surface area contributed by atoms with Crippen LogP contribution in [0.5, 0.6) is 0 Å². The molecular formula is C22H22ClN3O2S. The van der Waals surface area contributed by atoms with Crippen LogP contribution in [-0.2, 0) is 0 Å². The molecule has 3 aromatic rings. The zero-order valence-electron chi connectivity index (χ0n) is 16.6. The summed E-state index contributed by atoms with van der Waals surface area (Å²) in [5.41, 5.74) is 0.903. The van der Waals surface area contributed by atoms with Crippen molar-refractivity contribution < 1.29 is 4.79 Å². The first-order valence-corrected chi connectivity index (χ1v) is 10.9. The van der Waals surface area contributed by atoms with E-state index in [4.69, 9.17) is 11.6 Å². The highest BCUT2D eigenvalue weighted by Gasteiger charge is 2.28. The Morgan fingerprint density at radius 3 is 2.66 bits per heavy atom. The maximum Gasteiger partial charge on any atom is 0.279 e. The fourth-order valence-electron chi connectivity index (χ4n) is 3.56. The number of amides is 1. The fraction of sp³-hybridized carbons (Fsp3) is 0.318. The number of nitrogens with zero attached hydrogens (tertiary/aromatic N) is 3. The van der Waals surface area contributed by atoms with E-state index in [1.165, 1.54) is 4.68 Å². The van der Waals surface area contributed by atoms with E-state index >= 15 is 0 Å². The predicted molar refractivity (Wildman–Crippen MR) is 119 cm³/mol. The van der Waals surface area contributed by atoms with Gasteiger partial charge >= 0.3 is 0 Å². The molecule has 5 nitrogen and oxygen atoms in total.